The number of furan rings is 1. The second-order valence-electron chi connectivity index (χ2n) is 4.75. The highest BCUT2D eigenvalue weighted by molar-refractivity contribution is 5.73. The molecular formula is C15H24O4. The van der Waals surface area contributed by atoms with E-state index in [1.807, 2.05) is 6.92 Å². The summed E-state index contributed by atoms with van der Waals surface area (Å²) in [5.74, 6) is 0.744. The third kappa shape index (κ3) is 4.62. The molecule has 0 bridgehead atoms. The summed E-state index contributed by atoms with van der Waals surface area (Å²) in [5, 5.41) is 9.77. The zero-order valence-electron chi connectivity index (χ0n) is 12.1. The van der Waals surface area contributed by atoms with Gasteiger partial charge < -0.3 is 14.3 Å². The molecule has 1 N–H and O–H groups in total. The summed E-state index contributed by atoms with van der Waals surface area (Å²) >= 11 is 0. The van der Waals surface area contributed by atoms with Crippen LogP contribution in [0.3, 0.4) is 0 Å². The van der Waals surface area contributed by atoms with Gasteiger partial charge in [0.25, 0.3) is 0 Å². The fourth-order valence-corrected chi connectivity index (χ4v) is 1.95. The van der Waals surface area contributed by atoms with Crippen LogP contribution in [0.5, 0.6) is 11.5 Å². The van der Waals surface area contributed by atoms with Gasteiger partial charge in [-0.25, -0.2) is 0 Å². The van der Waals surface area contributed by atoms with Crippen molar-refractivity contribution in [2.24, 2.45) is 0 Å². The molecule has 0 aromatic carbocycles. The Morgan fingerprint density at radius 2 is 1.89 bits per heavy atom. The highest BCUT2D eigenvalue weighted by Crippen LogP contribution is 2.37. The van der Waals surface area contributed by atoms with Crippen LogP contribution >= 0.6 is 0 Å². The summed E-state index contributed by atoms with van der Waals surface area (Å²) in [7, 11) is 0. The van der Waals surface area contributed by atoms with E-state index >= 15 is 0 Å². The van der Waals surface area contributed by atoms with E-state index in [0.29, 0.717) is 24.4 Å². The van der Waals surface area contributed by atoms with Gasteiger partial charge in [0.1, 0.15) is 5.76 Å². The molecule has 19 heavy (non-hydrogen) atoms. The van der Waals surface area contributed by atoms with Gasteiger partial charge in [-0.3, -0.25) is 4.79 Å². The lowest BCUT2D eigenvalue weighted by Gasteiger charge is -2.04. The van der Waals surface area contributed by atoms with Crippen LogP contribution in [0, 0.1) is 6.92 Å². The van der Waals surface area contributed by atoms with Crippen LogP contribution in [0.15, 0.2) is 4.42 Å². The van der Waals surface area contributed by atoms with E-state index in [-0.39, 0.29) is 17.5 Å². The molecule has 1 aromatic rings. The van der Waals surface area contributed by atoms with Gasteiger partial charge in [0.2, 0.25) is 11.5 Å². The van der Waals surface area contributed by atoms with Crippen LogP contribution in [-0.2, 0) is 11.2 Å². The molecule has 4 heteroatoms. The van der Waals surface area contributed by atoms with Crippen LogP contribution in [0.25, 0.3) is 0 Å². The Morgan fingerprint density at radius 1 is 1.21 bits per heavy atom. The van der Waals surface area contributed by atoms with E-state index in [2.05, 4.69) is 6.92 Å². The predicted molar refractivity (Wildman–Crippen MR) is 73.5 cm³/mol. The van der Waals surface area contributed by atoms with Gasteiger partial charge in [-0.1, -0.05) is 39.5 Å². The van der Waals surface area contributed by atoms with Crippen LogP contribution in [0.4, 0.5) is 0 Å². The first kappa shape index (κ1) is 15.6. The average Bonchev–Trinajstić information content (AvgIpc) is 2.66. The molecule has 1 rings (SSSR count). The Labute approximate surface area is 114 Å². The Morgan fingerprint density at radius 3 is 2.53 bits per heavy atom. The van der Waals surface area contributed by atoms with Crippen molar-refractivity contribution in [3.8, 4) is 11.5 Å². The maximum Gasteiger partial charge on any atom is 0.311 e. The van der Waals surface area contributed by atoms with Crippen molar-refractivity contribution in [1.82, 2.24) is 0 Å². The number of hydrogen-bond acceptors (Lipinski definition) is 4. The maximum atomic E-state index is 11.7. The van der Waals surface area contributed by atoms with Crippen LogP contribution in [0.2, 0.25) is 0 Å². The number of aromatic hydroxyl groups is 1. The van der Waals surface area contributed by atoms with Gasteiger partial charge in [-0.2, -0.15) is 0 Å². The van der Waals surface area contributed by atoms with Crippen molar-refractivity contribution in [3.05, 3.63) is 11.5 Å². The molecular weight excluding hydrogens is 244 g/mol. The summed E-state index contributed by atoms with van der Waals surface area (Å²) < 4.78 is 10.5. The molecule has 0 aliphatic heterocycles. The van der Waals surface area contributed by atoms with E-state index in [9.17, 15) is 9.90 Å². The average molecular weight is 268 g/mol. The largest absolute Gasteiger partial charge is 0.502 e. The standard InChI is InChI=1S/C15H24O4/c1-4-6-7-8-9-10-13(16)19-15-12(5-2)18-11(3)14(15)17/h17H,4-10H2,1-3H3. The van der Waals surface area contributed by atoms with Crippen molar-refractivity contribution in [2.75, 3.05) is 0 Å². The van der Waals surface area contributed by atoms with E-state index < -0.39 is 0 Å². The summed E-state index contributed by atoms with van der Waals surface area (Å²) in [5.41, 5.74) is 0. The third-order valence-electron chi connectivity index (χ3n) is 3.10. The minimum absolute atomic E-state index is 0.0591. The lowest BCUT2D eigenvalue weighted by atomic mass is 10.1. The van der Waals surface area contributed by atoms with Crippen LogP contribution in [-0.4, -0.2) is 11.1 Å². The molecule has 1 aromatic heterocycles. The van der Waals surface area contributed by atoms with Gasteiger partial charge >= 0.3 is 5.97 Å². The van der Waals surface area contributed by atoms with Gasteiger partial charge in [0, 0.05) is 12.8 Å². The first-order chi connectivity index (χ1) is 9.10. The van der Waals surface area contributed by atoms with E-state index in [0.717, 1.165) is 19.3 Å². The number of unbranched alkanes of at least 4 members (excludes halogenated alkanes) is 4. The zero-order chi connectivity index (χ0) is 14.3. The monoisotopic (exact) mass is 268 g/mol. The first-order valence-electron chi connectivity index (χ1n) is 7.12. The SMILES string of the molecule is CCCCCCCC(=O)Oc1c(CC)oc(C)c1O. The molecule has 1 heterocycles. The van der Waals surface area contributed by atoms with Gasteiger partial charge in [-0.05, 0) is 13.3 Å². The summed E-state index contributed by atoms with van der Waals surface area (Å²) in [6.07, 6.45) is 6.39. The molecule has 0 aliphatic carbocycles. The number of esters is 1. The first-order valence-corrected chi connectivity index (χ1v) is 7.12. The Balaban J connectivity index is 2.44. The Bertz CT molecular complexity index is 407. The highest BCUT2D eigenvalue weighted by atomic mass is 16.6. The van der Waals surface area contributed by atoms with Crippen LogP contribution in [0.1, 0.15) is 63.9 Å². The molecule has 0 amide bonds. The lowest BCUT2D eigenvalue weighted by Crippen LogP contribution is -2.08. The van der Waals surface area contributed by atoms with Gasteiger partial charge in [-0.15, -0.1) is 0 Å². The Hall–Kier alpha value is -1.45. The van der Waals surface area contributed by atoms with Crippen molar-refractivity contribution in [2.45, 2.75) is 65.7 Å². The topological polar surface area (TPSA) is 59.7 Å². The fraction of sp³-hybridized carbons (Fsp3) is 0.667. The van der Waals surface area contributed by atoms with Crippen LogP contribution < -0.4 is 4.74 Å². The van der Waals surface area contributed by atoms with Crippen molar-refractivity contribution < 1.29 is 19.1 Å². The molecule has 0 saturated heterocycles. The second-order valence-corrected chi connectivity index (χ2v) is 4.75. The molecule has 0 aliphatic rings. The molecule has 4 nitrogen and oxygen atoms in total. The quantitative estimate of drug-likeness (QED) is 0.569. The number of hydrogen-bond donors (Lipinski definition) is 1. The zero-order valence-corrected chi connectivity index (χ0v) is 12.1. The third-order valence-corrected chi connectivity index (χ3v) is 3.10. The summed E-state index contributed by atoms with van der Waals surface area (Å²) in [6, 6.07) is 0. The van der Waals surface area contributed by atoms with E-state index in [4.69, 9.17) is 9.15 Å². The summed E-state index contributed by atoms with van der Waals surface area (Å²) in [4.78, 5) is 11.7. The van der Waals surface area contributed by atoms with Crippen molar-refractivity contribution in [3.63, 3.8) is 0 Å². The van der Waals surface area contributed by atoms with E-state index in [1.165, 1.54) is 12.8 Å². The molecule has 0 fully saturated rings. The molecule has 0 atom stereocenters. The maximum absolute atomic E-state index is 11.7. The van der Waals surface area contributed by atoms with Gasteiger partial charge in [0.05, 0.1) is 0 Å². The number of carbonyl (C=O) groups excluding carboxylic acids is 1. The normalized spacial score (nSPS) is 10.7. The molecule has 108 valence electrons. The smallest absolute Gasteiger partial charge is 0.311 e. The van der Waals surface area contributed by atoms with E-state index in [1.54, 1.807) is 6.92 Å². The number of aryl methyl sites for hydroxylation is 2. The number of rotatable bonds is 8. The molecule has 0 spiro atoms. The second kappa shape index (κ2) is 7.87. The Kier molecular flexibility index (Phi) is 6.46. The molecule has 0 radical (unpaired) electrons. The van der Waals surface area contributed by atoms with Gasteiger partial charge in [0.15, 0.2) is 5.76 Å². The lowest BCUT2D eigenvalue weighted by molar-refractivity contribution is -0.134. The van der Waals surface area contributed by atoms with Crippen molar-refractivity contribution >= 4 is 5.97 Å². The minimum Gasteiger partial charge on any atom is -0.502 e. The molecule has 0 unspecified atom stereocenters. The summed E-state index contributed by atoms with van der Waals surface area (Å²) in [6.45, 7) is 5.70. The van der Waals surface area contributed by atoms with Crippen molar-refractivity contribution in [1.29, 1.82) is 0 Å². The minimum atomic E-state index is -0.303. The number of ether oxygens (including phenoxy) is 1. The number of carbonyl (C=O) groups is 1. The highest BCUT2D eigenvalue weighted by Gasteiger charge is 2.20. The predicted octanol–water partition coefficient (Wildman–Crippen LogP) is 4.12. The molecule has 0 saturated carbocycles. The fourth-order valence-electron chi connectivity index (χ4n) is 1.95.